The molecule has 0 atom stereocenters. The minimum atomic E-state index is -0.117. The lowest BCUT2D eigenvalue weighted by molar-refractivity contribution is -0.113. The quantitative estimate of drug-likeness (QED) is 0.666. The summed E-state index contributed by atoms with van der Waals surface area (Å²) in [6.07, 6.45) is 1.79. The molecule has 1 aliphatic rings. The molecule has 1 saturated heterocycles. The zero-order valence-electron chi connectivity index (χ0n) is 11.8. The third-order valence-corrected chi connectivity index (χ3v) is 4.55. The summed E-state index contributed by atoms with van der Waals surface area (Å²) in [4.78, 5) is 14.7. The van der Waals surface area contributed by atoms with Crippen molar-refractivity contribution in [2.75, 3.05) is 4.90 Å². The predicted molar refractivity (Wildman–Crippen MR) is 94.9 cm³/mol. The van der Waals surface area contributed by atoms with Crippen molar-refractivity contribution in [3.63, 3.8) is 0 Å². The number of amides is 1. The summed E-state index contributed by atoms with van der Waals surface area (Å²) in [6.45, 7) is 1.98. The Kier molecular flexibility index (Phi) is 4.00. The van der Waals surface area contributed by atoms with Gasteiger partial charge in [-0.2, -0.15) is 0 Å². The third kappa shape index (κ3) is 2.91. The van der Waals surface area contributed by atoms with Gasteiger partial charge in [-0.15, -0.1) is 0 Å². The number of hydrogen-bond donors (Lipinski definition) is 1. The molecule has 1 heterocycles. The topological polar surface area (TPSA) is 40.5 Å². The van der Waals surface area contributed by atoms with Gasteiger partial charge in [-0.05, 0) is 48.4 Å². The van der Waals surface area contributed by atoms with Crippen LogP contribution in [0.2, 0.25) is 0 Å². The molecule has 1 aliphatic heterocycles. The van der Waals surface area contributed by atoms with E-state index >= 15 is 0 Å². The summed E-state index contributed by atoms with van der Waals surface area (Å²) < 4.78 is 0.528. The second-order valence-electron chi connectivity index (χ2n) is 4.95. The molecular formula is C17H13NO2S2. The van der Waals surface area contributed by atoms with Crippen LogP contribution in [0.15, 0.2) is 53.4 Å². The molecule has 1 amide bonds. The minimum absolute atomic E-state index is 0.117. The Morgan fingerprint density at radius 1 is 1.18 bits per heavy atom. The van der Waals surface area contributed by atoms with E-state index in [4.69, 9.17) is 12.2 Å². The molecule has 0 unspecified atom stereocenters. The molecule has 0 radical (unpaired) electrons. The molecule has 3 nitrogen and oxygen atoms in total. The summed E-state index contributed by atoms with van der Waals surface area (Å²) >= 11 is 6.63. The molecule has 2 aromatic carbocycles. The first-order chi connectivity index (χ1) is 10.5. The third-order valence-electron chi connectivity index (χ3n) is 3.24. The van der Waals surface area contributed by atoms with Crippen molar-refractivity contribution in [2.45, 2.75) is 6.92 Å². The highest BCUT2D eigenvalue weighted by atomic mass is 32.2. The molecule has 0 bridgehead atoms. The van der Waals surface area contributed by atoms with Gasteiger partial charge in [0.05, 0.1) is 10.6 Å². The predicted octanol–water partition coefficient (Wildman–Crippen LogP) is 4.11. The molecule has 1 fully saturated rings. The molecule has 0 aromatic heterocycles. The van der Waals surface area contributed by atoms with Gasteiger partial charge in [0.25, 0.3) is 5.91 Å². The maximum atomic E-state index is 12.6. The number of hydrogen-bond acceptors (Lipinski definition) is 4. The van der Waals surface area contributed by atoms with Crippen LogP contribution in [0, 0.1) is 6.92 Å². The number of phenols is 1. The number of thioether (sulfide) groups is 1. The van der Waals surface area contributed by atoms with Gasteiger partial charge >= 0.3 is 0 Å². The molecule has 2 aromatic rings. The van der Waals surface area contributed by atoms with E-state index in [-0.39, 0.29) is 11.7 Å². The summed E-state index contributed by atoms with van der Waals surface area (Å²) in [5, 5.41) is 9.31. The molecule has 0 saturated carbocycles. The zero-order chi connectivity index (χ0) is 15.7. The van der Waals surface area contributed by atoms with Crippen LogP contribution in [0.3, 0.4) is 0 Å². The minimum Gasteiger partial charge on any atom is -0.508 e. The van der Waals surface area contributed by atoms with Gasteiger partial charge in [-0.1, -0.05) is 48.2 Å². The highest BCUT2D eigenvalue weighted by Crippen LogP contribution is 2.36. The van der Waals surface area contributed by atoms with E-state index in [9.17, 15) is 9.90 Å². The number of rotatable bonds is 2. The molecule has 0 aliphatic carbocycles. The van der Waals surface area contributed by atoms with Crippen LogP contribution in [0.1, 0.15) is 11.1 Å². The number of carbonyl (C=O) groups excluding carboxylic acids is 1. The lowest BCUT2D eigenvalue weighted by Gasteiger charge is -2.14. The smallest absolute Gasteiger partial charge is 0.270 e. The van der Waals surface area contributed by atoms with Crippen LogP contribution in [0.25, 0.3) is 6.08 Å². The Balaban J connectivity index is 1.93. The second kappa shape index (κ2) is 5.94. The van der Waals surface area contributed by atoms with Gasteiger partial charge in [-0.25, -0.2) is 0 Å². The maximum Gasteiger partial charge on any atom is 0.270 e. The van der Waals surface area contributed by atoms with E-state index in [1.165, 1.54) is 11.8 Å². The lowest BCUT2D eigenvalue weighted by Crippen LogP contribution is -2.27. The van der Waals surface area contributed by atoms with Crippen molar-refractivity contribution in [3.05, 3.63) is 64.6 Å². The highest BCUT2D eigenvalue weighted by Gasteiger charge is 2.33. The van der Waals surface area contributed by atoms with Crippen molar-refractivity contribution in [1.82, 2.24) is 0 Å². The normalized spacial score (nSPS) is 16.6. The Labute approximate surface area is 138 Å². The Morgan fingerprint density at radius 2 is 1.91 bits per heavy atom. The molecule has 1 N–H and O–H groups in total. The number of thiocarbonyl (C=S) groups is 1. The van der Waals surface area contributed by atoms with Crippen LogP contribution in [0.5, 0.6) is 5.75 Å². The lowest BCUT2D eigenvalue weighted by atomic mass is 10.2. The fourth-order valence-electron chi connectivity index (χ4n) is 2.18. The number of anilines is 1. The Bertz CT molecular complexity index is 782. The van der Waals surface area contributed by atoms with Crippen molar-refractivity contribution in [3.8, 4) is 5.75 Å². The second-order valence-corrected chi connectivity index (χ2v) is 6.62. The number of carbonyl (C=O) groups is 1. The summed E-state index contributed by atoms with van der Waals surface area (Å²) in [7, 11) is 0. The number of phenolic OH excluding ortho intramolecular Hbond substituents is 1. The SMILES string of the molecule is Cc1cccc(N2C(=O)C(=Cc3ccc(O)cc3)SC2=S)c1. The standard InChI is InChI=1S/C17H13NO2S2/c1-11-3-2-4-13(9-11)18-16(20)15(22-17(18)21)10-12-5-7-14(19)8-6-12/h2-10,19H,1H3. The van der Waals surface area contributed by atoms with E-state index in [1.54, 1.807) is 35.2 Å². The number of benzene rings is 2. The molecule has 5 heteroatoms. The number of nitrogens with zero attached hydrogens (tertiary/aromatic N) is 1. The van der Waals surface area contributed by atoms with E-state index in [0.717, 1.165) is 16.8 Å². The van der Waals surface area contributed by atoms with Crippen molar-refractivity contribution in [1.29, 1.82) is 0 Å². The van der Waals surface area contributed by atoms with Crippen LogP contribution in [0.4, 0.5) is 5.69 Å². The average molecular weight is 327 g/mol. The zero-order valence-corrected chi connectivity index (χ0v) is 13.4. The van der Waals surface area contributed by atoms with E-state index in [0.29, 0.717) is 9.23 Å². The monoisotopic (exact) mass is 327 g/mol. The first-order valence-corrected chi connectivity index (χ1v) is 7.91. The Morgan fingerprint density at radius 3 is 2.59 bits per heavy atom. The average Bonchev–Trinajstić information content (AvgIpc) is 2.76. The molecule has 22 heavy (non-hydrogen) atoms. The van der Waals surface area contributed by atoms with E-state index < -0.39 is 0 Å². The van der Waals surface area contributed by atoms with Gasteiger partial charge in [0.2, 0.25) is 0 Å². The Hall–Kier alpha value is -2.11. The van der Waals surface area contributed by atoms with Gasteiger partial charge in [-0.3, -0.25) is 9.69 Å². The largest absolute Gasteiger partial charge is 0.508 e. The summed E-state index contributed by atoms with van der Waals surface area (Å²) in [5.41, 5.74) is 2.72. The van der Waals surface area contributed by atoms with E-state index in [2.05, 4.69) is 0 Å². The van der Waals surface area contributed by atoms with Gasteiger partial charge < -0.3 is 5.11 Å². The molecule has 110 valence electrons. The van der Waals surface area contributed by atoms with Crippen molar-refractivity contribution in [2.24, 2.45) is 0 Å². The summed E-state index contributed by atoms with van der Waals surface area (Å²) in [5.74, 6) is 0.0816. The van der Waals surface area contributed by atoms with Crippen LogP contribution < -0.4 is 4.90 Å². The number of aryl methyl sites for hydroxylation is 1. The first kappa shape index (κ1) is 14.8. The van der Waals surface area contributed by atoms with Gasteiger partial charge in [0.15, 0.2) is 4.32 Å². The fourth-order valence-corrected chi connectivity index (χ4v) is 3.48. The number of aromatic hydroxyl groups is 1. The highest BCUT2D eigenvalue weighted by molar-refractivity contribution is 8.27. The maximum absolute atomic E-state index is 12.6. The van der Waals surface area contributed by atoms with Crippen molar-refractivity contribution < 1.29 is 9.90 Å². The fraction of sp³-hybridized carbons (Fsp3) is 0.0588. The summed E-state index contributed by atoms with van der Waals surface area (Å²) in [6, 6.07) is 14.4. The first-order valence-electron chi connectivity index (χ1n) is 6.68. The molecule has 3 rings (SSSR count). The van der Waals surface area contributed by atoms with Gasteiger partial charge in [0, 0.05) is 0 Å². The van der Waals surface area contributed by atoms with E-state index in [1.807, 2.05) is 31.2 Å². The van der Waals surface area contributed by atoms with Gasteiger partial charge in [0.1, 0.15) is 5.75 Å². The van der Waals surface area contributed by atoms with Crippen LogP contribution in [-0.4, -0.2) is 15.3 Å². The van der Waals surface area contributed by atoms with Crippen LogP contribution in [-0.2, 0) is 4.79 Å². The van der Waals surface area contributed by atoms with Crippen molar-refractivity contribution >= 4 is 46.0 Å². The molecule has 0 spiro atoms. The van der Waals surface area contributed by atoms with Crippen LogP contribution >= 0.6 is 24.0 Å². The molecular weight excluding hydrogens is 314 g/mol.